The van der Waals surface area contributed by atoms with Gasteiger partial charge in [0, 0.05) is 38.2 Å². The van der Waals surface area contributed by atoms with Gasteiger partial charge in [-0.2, -0.15) is 0 Å². The number of hydrogen-bond donors (Lipinski definition) is 1. The van der Waals surface area contributed by atoms with Crippen molar-refractivity contribution in [3.63, 3.8) is 0 Å². The van der Waals surface area contributed by atoms with Crippen molar-refractivity contribution < 1.29 is 4.42 Å². The molecule has 0 bridgehead atoms. The highest BCUT2D eigenvalue weighted by atomic mass is 16.3. The Bertz CT molecular complexity index is 3040. The summed E-state index contributed by atoms with van der Waals surface area (Å²) in [6.45, 7) is 0. The lowest BCUT2D eigenvalue weighted by Crippen LogP contribution is -2.35. The van der Waals surface area contributed by atoms with Crippen molar-refractivity contribution in [1.82, 2.24) is 14.5 Å². The normalized spacial score (nSPS) is 14.9. The first-order chi connectivity index (χ1) is 25.3. The van der Waals surface area contributed by atoms with Crippen LogP contribution < -0.4 is 5.32 Å². The van der Waals surface area contributed by atoms with Crippen molar-refractivity contribution in [2.24, 2.45) is 4.99 Å². The summed E-state index contributed by atoms with van der Waals surface area (Å²) >= 11 is 0. The zero-order chi connectivity index (χ0) is 33.5. The van der Waals surface area contributed by atoms with Crippen LogP contribution in [-0.4, -0.2) is 15.1 Å². The molecule has 1 N–H and O–H groups in total. The van der Waals surface area contributed by atoms with Crippen molar-refractivity contribution in [2.75, 3.05) is 0 Å². The Labute approximate surface area is 293 Å². The average molecular weight is 655 g/mol. The molecule has 1 aliphatic heterocycles. The second kappa shape index (κ2) is 10.8. The number of fused-ring (bicyclic) bond motifs is 10. The van der Waals surface area contributed by atoms with Gasteiger partial charge in [0.05, 0.1) is 39.2 Å². The van der Waals surface area contributed by atoms with Crippen LogP contribution in [0.25, 0.3) is 76.9 Å². The first kappa shape index (κ1) is 28.0. The van der Waals surface area contributed by atoms with Crippen LogP contribution in [0.3, 0.4) is 0 Å². The largest absolute Gasteiger partial charge is 0.455 e. The van der Waals surface area contributed by atoms with Crippen LogP contribution in [0.2, 0.25) is 0 Å². The Morgan fingerprint density at radius 2 is 1.18 bits per heavy atom. The molecule has 5 nitrogen and oxygen atoms in total. The van der Waals surface area contributed by atoms with Gasteiger partial charge in [0.15, 0.2) is 0 Å². The predicted molar refractivity (Wildman–Crippen MR) is 211 cm³/mol. The molecule has 11 rings (SSSR count). The number of rotatable bonds is 3. The van der Waals surface area contributed by atoms with Crippen LogP contribution in [0.4, 0.5) is 0 Å². The molecule has 51 heavy (non-hydrogen) atoms. The smallest absolute Gasteiger partial charge is 0.209 e. The highest BCUT2D eigenvalue weighted by Crippen LogP contribution is 2.43. The minimum Gasteiger partial charge on any atom is -0.455 e. The fourth-order valence-electron chi connectivity index (χ4n) is 8.07. The first-order valence-electron chi connectivity index (χ1n) is 17.3. The molecule has 3 aromatic heterocycles. The van der Waals surface area contributed by atoms with Gasteiger partial charge in [-0.1, -0.05) is 115 Å². The second-order valence-corrected chi connectivity index (χ2v) is 13.2. The molecule has 0 radical (unpaired) electrons. The number of aromatic nitrogens is 2. The summed E-state index contributed by atoms with van der Waals surface area (Å²) in [6, 6.07) is 57.8. The van der Waals surface area contributed by atoms with E-state index < -0.39 is 0 Å². The summed E-state index contributed by atoms with van der Waals surface area (Å²) in [4.78, 5) is 5.35. The van der Waals surface area contributed by atoms with Gasteiger partial charge < -0.3 is 14.3 Å². The van der Waals surface area contributed by atoms with Crippen molar-refractivity contribution in [2.45, 2.75) is 6.04 Å². The fourth-order valence-corrected chi connectivity index (χ4v) is 8.07. The number of benzene rings is 7. The van der Waals surface area contributed by atoms with E-state index in [1.165, 1.54) is 10.9 Å². The molecule has 0 saturated carbocycles. The molecule has 1 unspecified atom stereocenters. The fraction of sp³-hybridized carbons (Fsp3) is 0.0217. The molecular formula is C46H30N4O. The molecule has 240 valence electrons. The quantitative estimate of drug-likeness (QED) is 0.206. The van der Waals surface area contributed by atoms with E-state index in [2.05, 4.69) is 172 Å². The summed E-state index contributed by atoms with van der Waals surface area (Å²) in [6.07, 6.45) is 2.23. The molecule has 0 fully saturated rings. The van der Waals surface area contributed by atoms with Crippen LogP contribution in [0, 0.1) is 0 Å². The third-order valence-electron chi connectivity index (χ3n) is 10.4. The van der Waals surface area contributed by atoms with Crippen molar-refractivity contribution >= 4 is 77.2 Å². The Hall–Kier alpha value is -6.85. The zero-order valence-corrected chi connectivity index (χ0v) is 27.5. The van der Waals surface area contributed by atoms with Crippen LogP contribution in [0.1, 0.15) is 17.2 Å². The molecule has 0 spiro atoms. The average Bonchev–Trinajstić information content (AvgIpc) is 3.85. The maximum Gasteiger partial charge on any atom is 0.209 e. The van der Waals surface area contributed by atoms with Gasteiger partial charge in [0.2, 0.25) is 5.96 Å². The van der Waals surface area contributed by atoms with Gasteiger partial charge >= 0.3 is 0 Å². The van der Waals surface area contributed by atoms with E-state index in [0.29, 0.717) is 0 Å². The molecule has 0 aliphatic carbocycles. The van der Waals surface area contributed by atoms with E-state index in [1.807, 2.05) is 12.1 Å². The summed E-state index contributed by atoms with van der Waals surface area (Å²) in [5, 5.41) is 10.6. The zero-order valence-electron chi connectivity index (χ0n) is 27.5. The Morgan fingerprint density at radius 3 is 2.00 bits per heavy atom. The SMILES string of the molecule is C1=C(c2ccccc2)N=C(n2c3ccccc3c3cc4c(cc32)c2c3oc5ccccc5c3ccc2n4-c2ccccc2)NC1c1ccccc1. The second-order valence-electron chi connectivity index (χ2n) is 13.2. The molecule has 0 amide bonds. The molecular weight excluding hydrogens is 625 g/mol. The highest BCUT2D eigenvalue weighted by Gasteiger charge is 2.25. The molecule has 0 saturated heterocycles. The number of furan rings is 1. The summed E-state index contributed by atoms with van der Waals surface area (Å²) in [5.74, 6) is 0.788. The first-order valence-corrected chi connectivity index (χ1v) is 17.3. The van der Waals surface area contributed by atoms with Gasteiger partial charge in [-0.05, 0) is 60.2 Å². The standard InChI is InChI=1S/C46H30N4O/c1-4-14-29(15-5-1)37-28-38(30-16-6-2-7-17-30)48-46(47-37)50-39-22-12-10-20-32(39)35-26-42-36(27-41(35)50)44-40(49(42)31-18-8-3-9-19-31)25-24-34-33-21-11-13-23-43(33)51-45(34)44/h1-28,37H,(H,47,48). The predicted octanol–water partition coefficient (Wildman–Crippen LogP) is 11.4. The third-order valence-corrected chi connectivity index (χ3v) is 10.4. The van der Waals surface area contributed by atoms with Gasteiger partial charge in [-0.15, -0.1) is 0 Å². The molecule has 1 aliphatic rings. The van der Waals surface area contributed by atoms with E-state index in [-0.39, 0.29) is 6.04 Å². The Morgan fingerprint density at radius 1 is 0.510 bits per heavy atom. The van der Waals surface area contributed by atoms with Gasteiger partial charge in [0.1, 0.15) is 11.2 Å². The van der Waals surface area contributed by atoms with Gasteiger partial charge in [-0.25, -0.2) is 4.99 Å². The van der Waals surface area contributed by atoms with E-state index in [4.69, 9.17) is 9.41 Å². The van der Waals surface area contributed by atoms with Crippen molar-refractivity contribution in [1.29, 1.82) is 0 Å². The maximum atomic E-state index is 6.70. The Balaban J connectivity index is 1.25. The number of aliphatic imine (C=N–C) groups is 1. The van der Waals surface area contributed by atoms with E-state index in [0.717, 1.165) is 83.1 Å². The van der Waals surface area contributed by atoms with E-state index >= 15 is 0 Å². The topological polar surface area (TPSA) is 47.4 Å². The third kappa shape index (κ3) is 4.18. The van der Waals surface area contributed by atoms with Gasteiger partial charge in [0.25, 0.3) is 0 Å². The number of nitrogens with one attached hydrogen (secondary N) is 1. The van der Waals surface area contributed by atoms with Crippen LogP contribution in [-0.2, 0) is 0 Å². The minimum absolute atomic E-state index is 0.0657. The summed E-state index contributed by atoms with van der Waals surface area (Å²) in [7, 11) is 0. The molecule has 1 atom stereocenters. The van der Waals surface area contributed by atoms with E-state index in [1.54, 1.807) is 0 Å². The van der Waals surface area contributed by atoms with E-state index in [9.17, 15) is 0 Å². The molecule has 7 aromatic carbocycles. The van der Waals surface area contributed by atoms with Crippen molar-refractivity contribution in [3.05, 3.63) is 181 Å². The maximum absolute atomic E-state index is 6.70. The van der Waals surface area contributed by atoms with Gasteiger partial charge in [-0.3, -0.25) is 4.57 Å². The monoisotopic (exact) mass is 654 g/mol. The summed E-state index contributed by atoms with van der Waals surface area (Å²) < 4.78 is 11.4. The lowest BCUT2D eigenvalue weighted by Gasteiger charge is -2.25. The number of para-hydroxylation sites is 3. The highest BCUT2D eigenvalue weighted by molar-refractivity contribution is 6.27. The van der Waals surface area contributed by atoms with Crippen LogP contribution in [0.15, 0.2) is 179 Å². The minimum atomic E-state index is -0.0657. The molecule has 10 aromatic rings. The van der Waals surface area contributed by atoms with Crippen LogP contribution >= 0.6 is 0 Å². The molecule has 5 heteroatoms. The van der Waals surface area contributed by atoms with Crippen LogP contribution in [0.5, 0.6) is 0 Å². The number of nitrogens with zero attached hydrogens (tertiary/aromatic N) is 3. The number of hydrogen-bond acceptors (Lipinski definition) is 3. The summed E-state index contributed by atoms with van der Waals surface area (Å²) in [5.41, 5.74) is 10.5. The Kier molecular flexibility index (Phi) is 5.95. The molecule has 4 heterocycles. The lowest BCUT2D eigenvalue weighted by atomic mass is 10.0. The lowest BCUT2D eigenvalue weighted by molar-refractivity contribution is 0.673. The van der Waals surface area contributed by atoms with Crippen molar-refractivity contribution in [3.8, 4) is 5.69 Å².